The van der Waals surface area contributed by atoms with Crippen molar-refractivity contribution in [2.24, 2.45) is 5.92 Å². The van der Waals surface area contributed by atoms with Crippen molar-refractivity contribution >= 4 is 21.9 Å². The van der Waals surface area contributed by atoms with Gasteiger partial charge in [0.15, 0.2) is 0 Å². The Hall–Kier alpha value is -1.58. The average Bonchev–Trinajstić information content (AvgIpc) is 3.48. The highest BCUT2D eigenvalue weighted by Crippen LogP contribution is 2.36. The summed E-state index contributed by atoms with van der Waals surface area (Å²) in [7, 11) is -0.261. The number of piperidine rings is 1. The molecule has 0 atom stereocenters. The Balaban J connectivity index is 1.56. The van der Waals surface area contributed by atoms with E-state index >= 15 is 0 Å². The predicted octanol–water partition coefficient (Wildman–Crippen LogP) is 1.46. The van der Waals surface area contributed by atoms with Crippen molar-refractivity contribution in [3.63, 3.8) is 0 Å². The highest BCUT2D eigenvalue weighted by atomic mass is 32.2. The number of fused-ring (bicyclic) bond motifs is 1. The van der Waals surface area contributed by atoms with Crippen LogP contribution < -0.4 is 4.90 Å². The topological polar surface area (TPSA) is 86.7 Å². The molecule has 0 unspecified atom stereocenters. The number of amides is 1. The van der Waals surface area contributed by atoms with E-state index in [1.807, 2.05) is 11.8 Å². The first-order valence-corrected chi connectivity index (χ1v) is 11.5. The number of carbonyl (C=O) groups is 1. The van der Waals surface area contributed by atoms with E-state index in [4.69, 9.17) is 9.97 Å². The molecule has 1 saturated carbocycles. The fraction of sp³-hybridized carbons (Fsp3) is 0.737. The van der Waals surface area contributed by atoms with E-state index < -0.39 is 10.2 Å². The largest absolute Gasteiger partial charge is 0.296 e. The average molecular weight is 408 g/mol. The van der Waals surface area contributed by atoms with Crippen LogP contribution in [-0.4, -0.2) is 66.6 Å². The third kappa shape index (κ3) is 3.67. The summed E-state index contributed by atoms with van der Waals surface area (Å²) in [6.07, 6.45) is 5.01. The Morgan fingerprint density at radius 1 is 1.07 bits per heavy atom. The van der Waals surface area contributed by atoms with Gasteiger partial charge in [0, 0.05) is 57.3 Å². The van der Waals surface area contributed by atoms with Crippen LogP contribution in [0.2, 0.25) is 0 Å². The fourth-order valence-electron chi connectivity index (χ4n) is 4.11. The quantitative estimate of drug-likeness (QED) is 0.738. The molecule has 4 rings (SSSR count). The van der Waals surface area contributed by atoms with E-state index in [1.165, 1.54) is 21.5 Å². The van der Waals surface area contributed by atoms with Crippen LogP contribution >= 0.6 is 0 Å². The van der Waals surface area contributed by atoms with Gasteiger partial charge in [-0.25, -0.2) is 9.97 Å². The number of rotatable bonds is 5. The molecule has 1 aliphatic carbocycles. The molecule has 1 amide bonds. The number of hydrogen-bond acceptors (Lipinski definition) is 5. The zero-order valence-corrected chi connectivity index (χ0v) is 17.7. The number of hydrogen-bond donors (Lipinski definition) is 0. The third-order valence-electron chi connectivity index (χ3n) is 6.10. The Labute approximate surface area is 167 Å². The van der Waals surface area contributed by atoms with Crippen molar-refractivity contribution in [3.8, 4) is 0 Å². The smallest absolute Gasteiger partial charge is 0.281 e. The van der Waals surface area contributed by atoms with Gasteiger partial charge in [-0.1, -0.05) is 0 Å². The summed E-state index contributed by atoms with van der Waals surface area (Å²) < 4.78 is 27.5. The Kier molecular flexibility index (Phi) is 5.18. The van der Waals surface area contributed by atoms with E-state index in [0.717, 1.165) is 29.4 Å². The molecule has 3 heterocycles. The lowest BCUT2D eigenvalue weighted by atomic mass is 9.96. The second-order valence-corrected chi connectivity index (χ2v) is 10.5. The standard InChI is InChI=1S/C19H29N5O3S/c1-13-16-6-7-17(25)24(12-14-4-5-14)19(16)21-18(20-13)15-8-10-23(11-9-15)28(26,27)22(2)3/h14-15H,4-12H2,1-3H3. The first-order chi connectivity index (χ1) is 13.3. The van der Waals surface area contributed by atoms with Crippen LogP contribution in [0, 0.1) is 12.8 Å². The van der Waals surface area contributed by atoms with E-state index in [1.54, 1.807) is 14.1 Å². The Bertz CT molecular complexity index is 874. The van der Waals surface area contributed by atoms with Gasteiger partial charge in [0.25, 0.3) is 10.2 Å². The molecule has 9 heteroatoms. The second-order valence-electron chi connectivity index (χ2n) is 8.38. The molecule has 1 aromatic rings. The van der Waals surface area contributed by atoms with E-state index in [9.17, 15) is 13.2 Å². The SMILES string of the molecule is Cc1nc(C2CCN(S(=O)(=O)N(C)C)CC2)nc2c1CCC(=O)N2CC1CC1. The molecular formula is C19H29N5O3S. The molecule has 0 bridgehead atoms. The lowest BCUT2D eigenvalue weighted by Crippen LogP contribution is -2.44. The molecule has 0 N–H and O–H groups in total. The molecule has 2 fully saturated rings. The van der Waals surface area contributed by atoms with Crippen molar-refractivity contribution in [2.45, 2.75) is 51.4 Å². The lowest BCUT2D eigenvalue weighted by molar-refractivity contribution is -0.119. The van der Waals surface area contributed by atoms with Crippen LogP contribution in [0.15, 0.2) is 0 Å². The maximum atomic E-state index is 12.5. The summed E-state index contributed by atoms with van der Waals surface area (Å²) in [6.45, 7) is 3.70. The normalized spacial score (nSPS) is 22.0. The summed E-state index contributed by atoms with van der Waals surface area (Å²) in [5, 5.41) is 0. The van der Waals surface area contributed by atoms with Crippen LogP contribution in [0.25, 0.3) is 0 Å². The van der Waals surface area contributed by atoms with E-state index in [0.29, 0.717) is 44.7 Å². The minimum atomic E-state index is -3.38. The number of carbonyl (C=O) groups excluding carboxylic acids is 1. The third-order valence-corrected chi connectivity index (χ3v) is 8.04. The highest BCUT2D eigenvalue weighted by molar-refractivity contribution is 7.86. The van der Waals surface area contributed by atoms with Crippen LogP contribution in [0.3, 0.4) is 0 Å². The van der Waals surface area contributed by atoms with E-state index in [-0.39, 0.29) is 11.8 Å². The summed E-state index contributed by atoms with van der Waals surface area (Å²) in [5.41, 5.74) is 2.05. The number of aryl methyl sites for hydroxylation is 1. The van der Waals surface area contributed by atoms with Crippen LogP contribution in [0.1, 0.15) is 55.1 Å². The van der Waals surface area contributed by atoms with Gasteiger partial charge in [0.05, 0.1) is 0 Å². The number of anilines is 1. The van der Waals surface area contributed by atoms with Gasteiger partial charge < -0.3 is 0 Å². The first kappa shape index (κ1) is 19.7. The second kappa shape index (κ2) is 7.35. The molecule has 2 aliphatic heterocycles. The maximum Gasteiger partial charge on any atom is 0.281 e. The Morgan fingerprint density at radius 2 is 1.75 bits per heavy atom. The van der Waals surface area contributed by atoms with Gasteiger partial charge in [0.2, 0.25) is 5.91 Å². The molecule has 3 aliphatic rings. The molecular weight excluding hydrogens is 378 g/mol. The highest BCUT2D eigenvalue weighted by Gasteiger charge is 2.35. The minimum Gasteiger partial charge on any atom is -0.296 e. The molecule has 0 radical (unpaired) electrons. The van der Waals surface area contributed by atoms with Crippen molar-refractivity contribution in [2.75, 3.05) is 38.6 Å². The molecule has 28 heavy (non-hydrogen) atoms. The van der Waals surface area contributed by atoms with Gasteiger partial charge in [-0.2, -0.15) is 17.0 Å². The zero-order chi connectivity index (χ0) is 20.1. The maximum absolute atomic E-state index is 12.5. The first-order valence-electron chi connectivity index (χ1n) is 10.1. The predicted molar refractivity (Wildman–Crippen MR) is 106 cm³/mol. The van der Waals surface area contributed by atoms with Crippen LogP contribution in [-0.2, 0) is 21.4 Å². The molecule has 1 saturated heterocycles. The summed E-state index contributed by atoms with van der Waals surface area (Å²) in [4.78, 5) is 24.0. The van der Waals surface area contributed by atoms with Crippen molar-refractivity contribution in [1.29, 1.82) is 0 Å². The van der Waals surface area contributed by atoms with Gasteiger partial charge in [0.1, 0.15) is 11.6 Å². The molecule has 8 nitrogen and oxygen atoms in total. The molecule has 0 aromatic carbocycles. The minimum absolute atomic E-state index is 0.123. The summed E-state index contributed by atoms with van der Waals surface area (Å²) in [6, 6.07) is 0. The van der Waals surface area contributed by atoms with Crippen LogP contribution in [0.5, 0.6) is 0 Å². The molecule has 154 valence electrons. The number of aromatic nitrogens is 2. The molecule has 0 spiro atoms. The zero-order valence-electron chi connectivity index (χ0n) is 16.9. The molecule has 1 aromatic heterocycles. The van der Waals surface area contributed by atoms with Gasteiger partial charge in [-0.05, 0) is 44.9 Å². The van der Waals surface area contributed by atoms with Crippen molar-refractivity contribution in [1.82, 2.24) is 18.6 Å². The monoisotopic (exact) mass is 407 g/mol. The summed E-state index contributed by atoms with van der Waals surface area (Å²) in [5.74, 6) is 2.45. The van der Waals surface area contributed by atoms with Gasteiger partial charge in [-0.15, -0.1) is 0 Å². The van der Waals surface area contributed by atoms with Crippen molar-refractivity contribution < 1.29 is 13.2 Å². The fourth-order valence-corrected chi connectivity index (χ4v) is 5.24. The summed E-state index contributed by atoms with van der Waals surface area (Å²) >= 11 is 0. The number of nitrogens with zero attached hydrogens (tertiary/aromatic N) is 5. The lowest BCUT2D eigenvalue weighted by Gasteiger charge is -2.33. The van der Waals surface area contributed by atoms with Gasteiger partial charge in [-0.3, -0.25) is 9.69 Å². The van der Waals surface area contributed by atoms with E-state index in [2.05, 4.69) is 0 Å². The Morgan fingerprint density at radius 3 is 2.36 bits per heavy atom. The van der Waals surface area contributed by atoms with Gasteiger partial charge >= 0.3 is 0 Å². The van der Waals surface area contributed by atoms with Crippen molar-refractivity contribution in [3.05, 3.63) is 17.1 Å². The van der Waals surface area contributed by atoms with Crippen LogP contribution in [0.4, 0.5) is 5.82 Å².